The third kappa shape index (κ3) is 5.81. The lowest BCUT2D eigenvalue weighted by Gasteiger charge is -2.12. The fraction of sp³-hybridized carbons (Fsp3) is 0.0952. The molecule has 0 spiro atoms. The first-order valence-corrected chi connectivity index (χ1v) is 9.14. The highest BCUT2D eigenvalue weighted by molar-refractivity contribution is 5.95. The first-order chi connectivity index (χ1) is 15.7. The van der Waals surface area contributed by atoms with Gasteiger partial charge in [0.05, 0.1) is 23.8 Å². The van der Waals surface area contributed by atoms with Crippen molar-refractivity contribution in [3.8, 4) is 17.2 Å². The van der Waals surface area contributed by atoms with Crippen molar-refractivity contribution in [2.75, 3.05) is 7.11 Å². The Labute approximate surface area is 184 Å². The molecule has 3 rings (SSSR count). The number of benzene rings is 2. The molecule has 33 heavy (non-hydrogen) atoms. The SMILES string of the molecule is COc1ccc(Oc2ccc(C(F)(F)F)cc2[N+](=O)[O-])c(/C=N\NC(=O)c2ccncc2)c1. The second-order valence-corrected chi connectivity index (χ2v) is 6.38. The van der Waals surface area contributed by atoms with Gasteiger partial charge in [0.15, 0.2) is 0 Å². The van der Waals surface area contributed by atoms with Crippen molar-refractivity contribution < 1.29 is 32.4 Å². The molecule has 2 aromatic carbocycles. The van der Waals surface area contributed by atoms with Gasteiger partial charge in [0.2, 0.25) is 5.75 Å². The lowest BCUT2D eigenvalue weighted by Crippen LogP contribution is -2.17. The number of nitro benzene ring substituents is 1. The smallest absolute Gasteiger partial charge is 0.416 e. The largest absolute Gasteiger partial charge is 0.497 e. The number of methoxy groups -OCH3 is 1. The van der Waals surface area contributed by atoms with Crippen LogP contribution in [0.3, 0.4) is 0 Å². The van der Waals surface area contributed by atoms with Gasteiger partial charge in [-0.2, -0.15) is 18.3 Å². The number of hydrazone groups is 1. The Kier molecular flexibility index (Phi) is 6.86. The highest BCUT2D eigenvalue weighted by atomic mass is 19.4. The summed E-state index contributed by atoms with van der Waals surface area (Å²) in [6.07, 6.45) is -0.686. The van der Waals surface area contributed by atoms with E-state index < -0.39 is 34.0 Å². The maximum atomic E-state index is 12.9. The zero-order chi connectivity index (χ0) is 24.0. The van der Waals surface area contributed by atoms with Crippen molar-refractivity contribution in [2.24, 2.45) is 5.10 Å². The Morgan fingerprint density at radius 2 is 1.82 bits per heavy atom. The predicted molar refractivity (Wildman–Crippen MR) is 110 cm³/mol. The van der Waals surface area contributed by atoms with Crippen molar-refractivity contribution >= 4 is 17.8 Å². The van der Waals surface area contributed by atoms with Crippen LogP contribution in [-0.2, 0) is 6.18 Å². The Morgan fingerprint density at radius 1 is 1.12 bits per heavy atom. The van der Waals surface area contributed by atoms with Crippen LogP contribution in [0.2, 0.25) is 0 Å². The average molecular weight is 460 g/mol. The number of hydrogen-bond acceptors (Lipinski definition) is 7. The second-order valence-electron chi connectivity index (χ2n) is 6.38. The van der Waals surface area contributed by atoms with E-state index in [0.717, 1.165) is 6.07 Å². The average Bonchev–Trinajstić information content (AvgIpc) is 2.79. The fourth-order valence-corrected chi connectivity index (χ4v) is 2.62. The Hall–Kier alpha value is -4.48. The van der Waals surface area contributed by atoms with Gasteiger partial charge in [-0.15, -0.1) is 0 Å². The summed E-state index contributed by atoms with van der Waals surface area (Å²) in [5.41, 5.74) is 0.798. The van der Waals surface area contributed by atoms with E-state index in [0.29, 0.717) is 23.4 Å². The van der Waals surface area contributed by atoms with Crippen LogP contribution in [-0.4, -0.2) is 29.1 Å². The molecule has 0 fully saturated rings. The van der Waals surface area contributed by atoms with Gasteiger partial charge >= 0.3 is 11.9 Å². The molecule has 0 bridgehead atoms. The lowest BCUT2D eigenvalue weighted by molar-refractivity contribution is -0.385. The van der Waals surface area contributed by atoms with Crippen molar-refractivity contribution in [1.82, 2.24) is 10.4 Å². The molecular formula is C21H15F3N4O5. The number of amides is 1. The number of alkyl halides is 3. The standard InChI is InChI=1S/C21H15F3N4O5/c1-32-16-3-5-18(14(10-16)12-26-27-20(29)13-6-8-25-9-7-13)33-19-4-2-15(21(22,23)24)11-17(19)28(30)31/h2-12H,1H3,(H,27,29)/b26-12-. The Balaban J connectivity index is 1.90. The van der Waals surface area contributed by atoms with E-state index in [4.69, 9.17) is 9.47 Å². The van der Waals surface area contributed by atoms with Gasteiger partial charge in [-0.3, -0.25) is 19.9 Å². The molecular weight excluding hydrogens is 445 g/mol. The number of halogens is 3. The Morgan fingerprint density at radius 3 is 2.45 bits per heavy atom. The van der Waals surface area contributed by atoms with Crippen LogP contribution in [0.25, 0.3) is 0 Å². The third-order valence-electron chi connectivity index (χ3n) is 4.23. The minimum Gasteiger partial charge on any atom is -0.497 e. The van der Waals surface area contributed by atoms with E-state index in [9.17, 15) is 28.1 Å². The van der Waals surface area contributed by atoms with Gasteiger partial charge in [-0.25, -0.2) is 5.43 Å². The molecule has 170 valence electrons. The van der Waals surface area contributed by atoms with Gasteiger partial charge in [-0.1, -0.05) is 0 Å². The molecule has 0 aliphatic carbocycles. The molecule has 0 radical (unpaired) electrons. The summed E-state index contributed by atoms with van der Waals surface area (Å²) >= 11 is 0. The Bertz CT molecular complexity index is 1200. The molecule has 0 saturated heterocycles. The molecule has 1 amide bonds. The van der Waals surface area contributed by atoms with Crippen LogP contribution in [0.4, 0.5) is 18.9 Å². The maximum Gasteiger partial charge on any atom is 0.416 e. The minimum absolute atomic E-state index is 0.0283. The number of nitrogens with zero attached hydrogens (tertiary/aromatic N) is 3. The van der Waals surface area contributed by atoms with Crippen LogP contribution in [0.1, 0.15) is 21.5 Å². The first kappa shape index (κ1) is 23.2. The number of aromatic nitrogens is 1. The molecule has 12 heteroatoms. The monoisotopic (exact) mass is 460 g/mol. The highest BCUT2D eigenvalue weighted by Gasteiger charge is 2.33. The van der Waals surface area contributed by atoms with Gasteiger partial charge in [0.1, 0.15) is 11.5 Å². The number of ether oxygens (including phenoxy) is 2. The summed E-state index contributed by atoms with van der Waals surface area (Å²) in [7, 11) is 1.41. The summed E-state index contributed by atoms with van der Waals surface area (Å²) in [6.45, 7) is 0. The molecule has 1 heterocycles. The van der Waals surface area contributed by atoms with E-state index in [1.54, 1.807) is 0 Å². The summed E-state index contributed by atoms with van der Waals surface area (Å²) < 4.78 is 49.5. The van der Waals surface area contributed by atoms with Crippen LogP contribution < -0.4 is 14.9 Å². The summed E-state index contributed by atoms with van der Waals surface area (Å²) in [5, 5.41) is 15.2. The minimum atomic E-state index is -4.76. The van der Waals surface area contributed by atoms with Crippen molar-refractivity contribution in [3.63, 3.8) is 0 Å². The van der Waals surface area contributed by atoms with Crippen LogP contribution in [0, 0.1) is 10.1 Å². The quantitative estimate of drug-likeness (QED) is 0.314. The van der Waals surface area contributed by atoms with Gasteiger partial charge in [0.25, 0.3) is 5.91 Å². The van der Waals surface area contributed by atoms with Crippen molar-refractivity contribution in [3.05, 3.63) is 87.7 Å². The van der Waals surface area contributed by atoms with Crippen LogP contribution in [0.5, 0.6) is 17.2 Å². The van der Waals surface area contributed by atoms with E-state index in [2.05, 4.69) is 15.5 Å². The van der Waals surface area contributed by atoms with Gasteiger partial charge in [-0.05, 0) is 42.5 Å². The zero-order valence-corrected chi connectivity index (χ0v) is 16.9. The van der Waals surface area contributed by atoms with Gasteiger partial charge in [0, 0.05) is 29.6 Å². The van der Waals surface area contributed by atoms with Crippen LogP contribution in [0.15, 0.2) is 66.0 Å². The van der Waals surface area contributed by atoms with E-state index in [-0.39, 0.29) is 11.3 Å². The number of nitro groups is 1. The molecule has 1 N–H and O–H groups in total. The second kappa shape index (κ2) is 9.77. The molecule has 0 atom stereocenters. The summed E-state index contributed by atoms with van der Waals surface area (Å²) in [6, 6.07) is 9.23. The molecule has 0 aliphatic rings. The molecule has 9 nitrogen and oxygen atoms in total. The summed E-state index contributed by atoms with van der Waals surface area (Å²) in [5.74, 6) is -0.516. The number of carbonyl (C=O) groups is 1. The molecule has 3 aromatic rings. The predicted octanol–water partition coefficient (Wildman–Crippen LogP) is 4.57. The van der Waals surface area contributed by atoms with E-state index >= 15 is 0 Å². The van der Waals surface area contributed by atoms with E-state index in [1.165, 1.54) is 56.0 Å². The number of nitrogens with one attached hydrogen (secondary N) is 1. The first-order valence-electron chi connectivity index (χ1n) is 9.14. The molecule has 1 aromatic heterocycles. The highest BCUT2D eigenvalue weighted by Crippen LogP contribution is 2.38. The number of pyridine rings is 1. The number of carbonyl (C=O) groups excluding carboxylic acids is 1. The van der Waals surface area contributed by atoms with Crippen molar-refractivity contribution in [2.45, 2.75) is 6.18 Å². The van der Waals surface area contributed by atoms with Crippen LogP contribution >= 0.6 is 0 Å². The maximum absolute atomic E-state index is 12.9. The van der Waals surface area contributed by atoms with Crippen molar-refractivity contribution in [1.29, 1.82) is 0 Å². The number of rotatable bonds is 7. The topological polar surface area (TPSA) is 116 Å². The molecule has 0 aliphatic heterocycles. The summed E-state index contributed by atoms with van der Waals surface area (Å²) in [4.78, 5) is 26.2. The zero-order valence-electron chi connectivity index (χ0n) is 16.9. The lowest BCUT2D eigenvalue weighted by atomic mass is 10.1. The fourth-order valence-electron chi connectivity index (χ4n) is 2.62. The van der Waals surface area contributed by atoms with Gasteiger partial charge < -0.3 is 9.47 Å². The van der Waals surface area contributed by atoms with E-state index in [1.807, 2.05) is 0 Å². The number of hydrogen-bond donors (Lipinski definition) is 1. The third-order valence-corrected chi connectivity index (χ3v) is 4.23. The molecule has 0 unspecified atom stereocenters. The normalized spacial score (nSPS) is 11.3. The molecule has 0 saturated carbocycles.